The summed E-state index contributed by atoms with van der Waals surface area (Å²) < 4.78 is 17.2. The molecule has 2 aromatic rings. The third-order valence-electron chi connectivity index (χ3n) is 5.84. The highest BCUT2D eigenvalue weighted by Crippen LogP contribution is 2.26. The van der Waals surface area contributed by atoms with Crippen LogP contribution in [0.25, 0.3) is 0 Å². The molecule has 2 aromatic carbocycles. The smallest absolute Gasteiger partial charge is 0.203 e. The number of piperazine rings is 1. The van der Waals surface area contributed by atoms with Crippen molar-refractivity contribution in [3.8, 4) is 11.5 Å². The van der Waals surface area contributed by atoms with Gasteiger partial charge in [-0.3, -0.25) is 9.80 Å². The largest absolute Gasteiger partial charge is 0.493 e. The van der Waals surface area contributed by atoms with E-state index in [0.29, 0.717) is 24.6 Å². The van der Waals surface area contributed by atoms with Crippen LogP contribution in [0, 0.1) is 13.8 Å². The zero-order chi connectivity index (χ0) is 24.5. The normalized spacial score (nSPS) is 16.5. The SMILES string of the molecule is COc1ccccc1OCC(O)CN1CCN(C/C(=N/c2c(C)cccc2C)OC(C)C)CC1. The number of hydrogen-bond donors (Lipinski definition) is 1. The second-order valence-corrected chi connectivity index (χ2v) is 9.11. The molecule has 0 bridgehead atoms. The molecular formula is C27H39N3O4. The molecule has 7 heteroatoms. The minimum Gasteiger partial charge on any atom is -0.493 e. The summed E-state index contributed by atoms with van der Waals surface area (Å²) in [5.74, 6) is 2.08. The molecule has 0 radical (unpaired) electrons. The summed E-state index contributed by atoms with van der Waals surface area (Å²) in [5.41, 5.74) is 3.30. The molecule has 1 heterocycles. The van der Waals surface area contributed by atoms with Gasteiger partial charge in [0.05, 0.1) is 25.4 Å². The van der Waals surface area contributed by atoms with Gasteiger partial charge in [-0.15, -0.1) is 0 Å². The zero-order valence-corrected chi connectivity index (χ0v) is 21.2. The predicted molar refractivity (Wildman–Crippen MR) is 137 cm³/mol. The fraction of sp³-hybridized carbons (Fsp3) is 0.519. The maximum absolute atomic E-state index is 10.5. The van der Waals surface area contributed by atoms with Crippen molar-refractivity contribution in [1.82, 2.24) is 9.80 Å². The Balaban J connectivity index is 1.50. The average Bonchev–Trinajstić information content (AvgIpc) is 2.81. The van der Waals surface area contributed by atoms with Gasteiger partial charge in [0, 0.05) is 32.7 Å². The maximum atomic E-state index is 10.5. The van der Waals surface area contributed by atoms with E-state index in [0.717, 1.165) is 48.9 Å². The Labute approximate surface area is 204 Å². The summed E-state index contributed by atoms with van der Waals surface area (Å²) in [6.07, 6.45) is -0.496. The van der Waals surface area contributed by atoms with E-state index in [1.807, 2.05) is 38.1 Å². The molecule has 1 saturated heterocycles. The van der Waals surface area contributed by atoms with E-state index in [1.165, 1.54) is 0 Å². The van der Waals surface area contributed by atoms with Crippen molar-refractivity contribution in [2.45, 2.75) is 39.9 Å². The van der Waals surface area contributed by atoms with Gasteiger partial charge in [-0.05, 0) is 51.0 Å². The van der Waals surface area contributed by atoms with Gasteiger partial charge in [-0.2, -0.15) is 0 Å². The minimum atomic E-state index is -0.568. The molecule has 1 N–H and O–H groups in total. The standard InChI is InChI=1S/C27H39N3O4/c1-20(2)34-26(28-27-21(3)9-8-10-22(27)4)18-30-15-13-29(14-16-30)17-23(31)19-33-25-12-7-6-11-24(25)32-5/h6-12,20,23,31H,13-19H2,1-5H3/b28-26-. The summed E-state index contributed by atoms with van der Waals surface area (Å²) in [7, 11) is 1.61. The Morgan fingerprint density at radius 3 is 2.18 bits per heavy atom. The number of benzene rings is 2. The average molecular weight is 470 g/mol. The van der Waals surface area contributed by atoms with Crippen molar-refractivity contribution in [3.05, 3.63) is 53.6 Å². The fourth-order valence-electron chi connectivity index (χ4n) is 4.07. The Hall–Kier alpha value is -2.61. The van der Waals surface area contributed by atoms with Crippen LogP contribution in [0.5, 0.6) is 11.5 Å². The molecule has 7 nitrogen and oxygen atoms in total. The number of rotatable bonds is 10. The quantitative estimate of drug-likeness (QED) is 0.422. The first-order chi connectivity index (χ1) is 16.4. The number of aliphatic hydroxyl groups excluding tert-OH is 1. The summed E-state index contributed by atoms with van der Waals surface area (Å²) in [6, 6.07) is 13.7. The molecule has 186 valence electrons. The van der Waals surface area contributed by atoms with Gasteiger partial charge >= 0.3 is 0 Å². The number of methoxy groups -OCH3 is 1. The van der Waals surface area contributed by atoms with Gasteiger partial charge in [-0.1, -0.05) is 30.3 Å². The Morgan fingerprint density at radius 2 is 1.56 bits per heavy atom. The number of para-hydroxylation sites is 3. The van der Waals surface area contributed by atoms with Crippen LogP contribution in [0.3, 0.4) is 0 Å². The van der Waals surface area contributed by atoms with Gasteiger partial charge in [-0.25, -0.2) is 4.99 Å². The van der Waals surface area contributed by atoms with Crippen LogP contribution >= 0.6 is 0 Å². The molecule has 1 aliphatic heterocycles. The summed E-state index contributed by atoms with van der Waals surface area (Å²) in [5, 5.41) is 10.5. The Morgan fingerprint density at radius 1 is 0.941 bits per heavy atom. The highest BCUT2D eigenvalue weighted by Gasteiger charge is 2.22. The summed E-state index contributed by atoms with van der Waals surface area (Å²) in [4.78, 5) is 9.54. The molecule has 0 aliphatic carbocycles. The van der Waals surface area contributed by atoms with E-state index in [1.54, 1.807) is 7.11 Å². The molecule has 1 aliphatic rings. The summed E-state index contributed by atoms with van der Waals surface area (Å²) in [6.45, 7) is 13.3. The van der Waals surface area contributed by atoms with Gasteiger partial charge in [0.25, 0.3) is 0 Å². The first-order valence-electron chi connectivity index (χ1n) is 12.0. The summed E-state index contributed by atoms with van der Waals surface area (Å²) >= 11 is 0. The monoisotopic (exact) mass is 469 g/mol. The molecule has 1 unspecified atom stereocenters. The maximum Gasteiger partial charge on any atom is 0.203 e. The minimum absolute atomic E-state index is 0.0720. The number of nitrogens with zero attached hydrogens (tertiary/aromatic N) is 3. The van der Waals surface area contributed by atoms with Crippen LogP contribution in [-0.4, -0.2) is 86.0 Å². The van der Waals surface area contributed by atoms with Crippen molar-refractivity contribution >= 4 is 11.6 Å². The van der Waals surface area contributed by atoms with E-state index in [4.69, 9.17) is 19.2 Å². The van der Waals surface area contributed by atoms with Gasteiger partial charge in [0.15, 0.2) is 11.5 Å². The molecule has 0 aromatic heterocycles. The topological polar surface area (TPSA) is 66.8 Å². The molecule has 0 saturated carbocycles. The highest BCUT2D eigenvalue weighted by atomic mass is 16.5. The molecule has 0 amide bonds. The lowest BCUT2D eigenvalue weighted by atomic mass is 10.1. The second-order valence-electron chi connectivity index (χ2n) is 9.11. The van der Waals surface area contributed by atoms with Crippen LogP contribution in [0.15, 0.2) is 47.5 Å². The Kier molecular flexibility index (Phi) is 9.74. The van der Waals surface area contributed by atoms with E-state index < -0.39 is 6.10 Å². The van der Waals surface area contributed by atoms with Crippen molar-refractivity contribution in [3.63, 3.8) is 0 Å². The van der Waals surface area contributed by atoms with Crippen LogP contribution in [0.2, 0.25) is 0 Å². The van der Waals surface area contributed by atoms with Crippen molar-refractivity contribution in [2.24, 2.45) is 4.99 Å². The van der Waals surface area contributed by atoms with Crippen LogP contribution in [-0.2, 0) is 4.74 Å². The number of hydrogen-bond acceptors (Lipinski definition) is 7. The number of aryl methyl sites for hydroxylation is 2. The van der Waals surface area contributed by atoms with Gasteiger partial charge in [0.2, 0.25) is 5.90 Å². The first kappa shape index (κ1) is 26.0. The molecule has 34 heavy (non-hydrogen) atoms. The molecular weight excluding hydrogens is 430 g/mol. The van der Waals surface area contributed by atoms with Crippen LogP contribution in [0.1, 0.15) is 25.0 Å². The molecule has 0 spiro atoms. The second kappa shape index (κ2) is 12.7. The van der Waals surface area contributed by atoms with E-state index in [-0.39, 0.29) is 12.7 Å². The first-order valence-corrected chi connectivity index (χ1v) is 12.0. The lowest BCUT2D eigenvalue weighted by molar-refractivity contribution is 0.0469. The fourth-order valence-corrected chi connectivity index (χ4v) is 4.07. The van der Waals surface area contributed by atoms with Crippen molar-refractivity contribution < 1.29 is 19.3 Å². The molecule has 3 rings (SSSR count). The number of β-amino-alcohol motifs (C(OH)–C–C–N with tert-alkyl or cyclic N) is 1. The van der Waals surface area contributed by atoms with Gasteiger partial charge < -0.3 is 19.3 Å². The lowest BCUT2D eigenvalue weighted by Crippen LogP contribution is -2.50. The van der Waals surface area contributed by atoms with E-state index >= 15 is 0 Å². The van der Waals surface area contributed by atoms with Crippen molar-refractivity contribution in [2.75, 3.05) is 53.0 Å². The molecule has 1 atom stereocenters. The predicted octanol–water partition coefficient (Wildman–Crippen LogP) is 3.82. The van der Waals surface area contributed by atoms with Crippen molar-refractivity contribution in [1.29, 1.82) is 0 Å². The number of aliphatic imine (C=N–C) groups is 1. The van der Waals surface area contributed by atoms with Crippen LogP contribution < -0.4 is 9.47 Å². The van der Waals surface area contributed by atoms with Crippen LogP contribution in [0.4, 0.5) is 5.69 Å². The lowest BCUT2D eigenvalue weighted by Gasteiger charge is -2.35. The highest BCUT2D eigenvalue weighted by molar-refractivity contribution is 5.82. The molecule has 1 fully saturated rings. The number of ether oxygens (including phenoxy) is 3. The van der Waals surface area contributed by atoms with E-state index in [2.05, 4.69) is 41.8 Å². The number of aliphatic hydroxyl groups is 1. The van der Waals surface area contributed by atoms with Gasteiger partial charge in [0.1, 0.15) is 12.7 Å². The Bertz CT molecular complexity index is 919. The zero-order valence-electron chi connectivity index (χ0n) is 21.2. The third-order valence-corrected chi connectivity index (χ3v) is 5.84. The van der Waals surface area contributed by atoms with E-state index in [9.17, 15) is 5.11 Å². The third kappa shape index (κ3) is 7.72.